The Hall–Kier alpha value is -3.53. The maximum absolute atomic E-state index is 11.2. The van der Waals surface area contributed by atoms with Crippen LogP contribution in [0, 0.1) is 11.8 Å². The van der Waals surface area contributed by atoms with E-state index in [0.717, 1.165) is 66.8 Å². The lowest BCUT2D eigenvalue weighted by molar-refractivity contribution is -0.0562. The lowest BCUT2D eigenvalue weighted by atomic mass is 9.72. The number of ether oxygens (including phenoxy) is 2. The molecule has 5 atom stereocenters. The highest BCUT2D eigenvalue weighted by atomic mass is 16.5. The molecule has 4 aromatic rings. The number of benzene rings is 2. The molecule has 3 N–H and O–H groups in total. The van der Waals surface area contributed by atoms with Crippen LogP contribution in [0.4, 0.5) is 0 Å². The molecule has 2 aromatic carbocycles. The minimum absolute atomic E-state index is 0.164. The van der Waals surface area contributed by atoms with Crippen LogP contribution in [0.3, 0.4) is 0 Å². The highest BCUT2D eigenvalue weighted by Crippen LogP contribution is 2.42. The fourth-order valence-corrected chi connectivity index (χ4v) is 5.99. The van der Waals surface area contributed by atoms with Crippen LogP contribution in [0.15, 0.2) is 54.7 Å². The average Bonchev–Trinajstić information content (AvgIpc) is 3.03. The van der Waals surface area contributed by atoms with Gasteiger partial charge >= 0.3 is 0 Å². The van der Waals surface area contributed by atoms with Crippen molar-refractivity contribution in [2.24, 2.45) is 11.8 Å². The normalized spacial score (nSPS) is 21.9. The van der Waals surface area contributed by atoms with Gasteiger partial charge in [-0.25, -0.2) is 0 Å². The first-order valence-corrected chi connectivity index (χ1v) is 14.5. The number of nitrogens with zero attached hydrogens (tertiary/aromatic N) is 4. The van der Waals surface area contributed by atoms with Crippen LogP contribution in [0.25, 0.3) is 21.7 Å². The van der Waals surface area contributed by atoms with E-state index in [-0.39, 0.29) is 17.8 Å². The molecule has 5 heterocycles. The summed E-state index contributed by atoms with van der Waals surface area (Å²) in [5.41, 5.74) is 1.89. The van der Waals surface area contributed by atoms with Crippen molar-refractivity contribution in [2.45, 2.75) is 52.2 Å². The second-order valence-corrected chi connectivity index (χ2v) is 10.4. The summed E-state index contributed by atoms with van der Waals surface area (Å²) in [7, 11) is 1.67. The predicted molar refractivity (Wildman–Crippen MR) is 160 cm³/mol. The highest BCUT2D eigenvalue weighted by Gasteiger charge is 2.42. The third kappa shape index (κ3) is 7.04. The van der Waals surface area contributed by atoms with E-state index in [1.54, 1.807) is 37.6 Å². The molecule has 0 aliphatic carbocycles. The summed E-state index contributed by atoms with van der Waals surface area (Å²) in [4.78, 5) is 6.94. The van der Waals surface area contributed by atoms with Crippen molar-refractivity contribution in [3.63, 3.8) is 0 Å². The van der Waals surface area contributed by atoms with Crippen LogP contribution >= 0.6 is 0 Å². The molecule has 0 unspecified atom stereocenters. The lowest BCUT2D eigenvalue weighted by Crippen LogP contribution is -2.55. The Kier molecular flexibility index (Phi) is 10.7. The smallest absolute Gasteiger partial charge is 0.239 e. The van der Waals surface area contributed by atoms with Gasteiger partial charge in [-0.2, -0.15) is 0 Å². The number of rotatable bonds is 6. The highest BCUT2D eigenvalue weighted by molar-refractivity contribution is 5.89. The van der Waals surface area contributed by atoms with Gasteiger partial charge in [-0.05, 0) is 87.0 Å². The molecule has 0 radical (unpaired) electrons. The Morgan fingerprint density at radius 3 is 2.17 bits per heavy atom. The number of methoxy groups -OCH3 is 1. The zero-order valence-corrected chi connectivity index (χ0v) is 24.4. The maximum atomic E-state index is 11.2. The fraction of sp³-hybridized carbons (Fsp3) is 0.469. The predicted octanol–water partition coefficient (Wildman–Crippen LogP) is 5.48. The first kappa shape index (κ1) is 30.4. The topological polar surface area (TPSA) is 121 Å². The number of aliphatic hydroxyl groups excluding tert-OH is 1. The van der Waals surface area contributed by atoms with E-state index in [1.807, 2.05) is 38.1 Å². The number of hydrogen-bond donors (Lipinski definition) is 3. The second kappa shape index (κ2) is 14.4. The first-order valence-electron chi connectivity index (χ1n) is 14.5. The number of aromatic hydroxyl groups is 2. The van der Waals surface area contributed by atoms with Gasteiger partial charge in [0.2, 0.25) is 11.8 Å². The van der Waals surface area contributed by atoms with E-state index in [0.29, 0.717) is 10.8 Å². The molecule has 9 heteroatoms. The monoisotopic (exact) mass is 562 g/mol. The standard InChI is InChI=1S/C20H26N2O2.C8H6N2O2.C4H10O/c1-3-13-12-22-9-7-14(13)10-19(22)20(23)16-6-8-21-18-5-4-15(24-2)11-17(16)18;11-7-5-3-1-2-4-6(5)8(12)10-9-7;1-3-5-4-2/h4-6,8,11,13-14,19-20,23H,3,7,9-10,12H2,1-2H3;1-4H,(H,9,11)(H,10,12);3-4H2,1-2H3/t13-,14-,19+,20-;;/m0../s1. The van der Waals surface area contributed by atoms with Crippen molar-refractivity contribution in [1.29, 1.82) is 0 Å². The zero-order valence-electron chi connectivity index (χ0n) is 24.4. The van der Waals surface area contributed by atoms with Crippen molar-refractivity contribution in [2.75, 3.05) is 33.4 Å². The van der Waals surface area contributed by atoms with E-state index >= 15 is 0 Å². The molecular formula is C32H42N4O5. The molecule has 0 spiro atoms. The van der Waals surface area contributed by atoms with Crippen LogP contribution in [-0.4, -0.2) is 74.9 Å². The molecule has 3 fully saturated rings. The third-order valence-corrected chi connectivity index (χ3v) is 8.18. The molecule has 3 aliphatic rings. The van der Waals surface area contributed by atoms with E-state index in [1.165, 1.54) is 12.8 Å². The Balaban J connectivity index is 0.000000189. The molecule has 3 aliphatic heterocycles. The summed E-state index contributed by atoms with van der Waals surface area (Å²) in [6, 6.07) is 14.9. The number of hydrogen-bond acceptors (Lipinski definition) is 9. The van der Waals surface area contributed by atoms with Gasteiger partial charge in [-0.3, -0.25) is 9.88 Å². The van der Waals surface area contributed by atoms with Crippen LogP contribution in [0.1, 0.15) is 51.7 Å². The van der Waals surface area contributed by atoms with Gasteiger partial charge in [0.1, 0.15) is 5.75 Å². The first-order chi connectivity index (χ1) is 19.9. The van der Waals surface area contributed by atoms with Gasteiger partial charge in [0.05, 0.1) is 29.5 Å². The molecule has 2 bridgehead atoms. The Bertz CT molecular complexity index is 1380. The number of aliphatic hydroxyl groups is 1. The van der Waals surface area contributed by atoms with E-state index in [4.69, 9.17) is 9.47 Å². The van der Waals surface area contributed by atoms with Crippen molar-refractivity contribution in [3.8, 4) is 17.5 Å². The zero-order chi connectivity index (χ0) is 29.4. The fourth-order valence-electron chi connectivity index (χ4n) is 5.99. The summed E-state index contributed by atoms with van der Waals surface area (Å²) in [5.74, 6) is 2.05. The number of pyridine rings is 1. The van der Waals surface area contributed by atoms with Crippen LogP contribution in [0.2, 0.25) is 0 Å². The molecule has 220 valence electrons. The minimum atomic E-state index is -0.469. The van der Waals surface area contributed by atoms with Crippen LogP contribution < -0.4 is 4.74 Å². The summed E-state index contributed by atoms with van der Waals surface area (Å²) in [6.07, 6.45) is 4.97. The Labute approximate surface area is 241 Å². The lowest BCUT2D eigenvalue weighted by Gasteiger charge is -2.51. The quantitative estimate of drug-likeness (QED) is 0.280. The van der Waals surface area contributed by atoms with Gasteiger partial charge in [0.15, 0.2) is 0 Å². The largest absolute Gasteiger partial charge is 0.497 e. The van der Waals surface area contributed by atoms with Gasteiger partial charge in [0.25, 0.3) is 0 Å². The van der Waals surface area contributed by atoms with Gasteiger partial charge in [-0.1, -0.05) is 25.5 Å². The molecule has 0 amide bonds. The van der Waals surface area contributed by atoms with Crippen molar-refractivity contribution >= 4 is 21.7 Å². The molecule has 2 aromatic heterocycles. The van der Waals surface area contributed by atoms with Crippen molar-refractivity contribution in [1.82, 2.24) is 20.1 Å². The summed E-state index contributed by atoms with van der Waals surface area (Å²) < 4.78 is 10.2. The van der Waals surface area contributed by atoms with Gasteiger partial charge in [0, 0.05) is 37.4 Å². The Morgan fingerprint density at radius 2 is 1.63 bits per heavy atom. The van der Waals surface area contributed by atoms with Crippen LogP contribution in [-0.2, 0) is 4.74 Å². The number of piperidine rings is 3. The summed E-state index contributed by atoms with van der Waals surface area (Å²) >= 11 is 0. The SMILES string of the molecule is CCOCC.CC[C@H]1C[N@]2CC[C@H]1C[C@@H]2[C@@H](O)c1ccnc2ccc(OC)cc12.Oc1nnc(O)c2ccccc12. The maximum Gasteiger partial charge on any atom is 0.239 e. The van der Waals surface area contributed by atoms with E-state index in [2.05, 4.69) is 27.0 Å². The molecular weight excluding hydrogens is 520 g/mol. The third-order valence-electron chi connectivity index (χ3n) is 8.18. The molecule has 3 saturated heterocycles. The van der Waals surface area contributed by atoms with Crippen LogP contribution in [0.5, 0.6) is 17.5 Å². The summed E-state index contributed by atoms with van der Waals surface area (Å²) in [6.45, 7) is 10.2. The molecule has 7 rings (SSSR count). The molecule has 0 saturated carbocycles. The van der Waals surface area contributed by atoms with E-state index in [9.17, 15) is 15.3 Å². The number of fused-ring (bicyclic) bond motifs is 5. The van der Waals surface area contributed by atoms with Gasteiger partial charge in [-0.15, -0.1) is 10.2 Å². The Morgan fingerprint density at radius 1 is 0.951 bits per heavy atom. The van der Waals surface area contributed by atoms with Crippen molar-refractivity contribution in [3.05, 3.63) is 60.3 Å². The minimum Gasteiger partial charge on any atom is -0.497 e. The second-order valence-electron chi connectivity index (χ2n) is 10.4. The number of aromatic nitrogens is 3. The molecule has 41 heavy (non-hydrogen) atoms. The molecule has 9 nitrogen and oxygen atoms in total. The van der Waals surface area contributed by atoms with Crippen molar-refractivity contribution < 1.29 is 24.8 Å². The average molecular weight is 563 g/mol. The van der Waals surface area contributed by atoms with Gasteiger partial charge < -0.3 is 24.8 Å². The van der Waals surface area contributed by atoms with E-state index < -0.39 is 6.10 Å². The summed E-state index contributed by atoms with van der Waals surface area (Å²) in [5, 5.41) is 38.3.